The van der Waals surface area contributed by atoms with Crippen molar-refractivity contribution in [2.75, 3.05) is 13.2 Å². The van der Waals surface area contributed by atoms with Crippen molar-refractivity contribution < 1.29 is 19.1 Å². The highest BCUT2D eigenvalue weighted by Crippen LogP contribution is 2.20. The molecule has 0 aromatic carbocycles. The van der Waals surface area contributed by atoms with Crippen LogP contribution in [0.4, 0.5) is 0 Å². The van der Waals surface area contributed by atoms with Gasteiger partial charge in [-0.3, -0.25) is 9.59 Å². The first-order valence-corrected chi connectivity index (χ1v) is 10.9. The molecule has 4 nitrogen and oxygen atoms in total. The van der Waals surface area contributed by atoms with Crippen LogP contribution in [-0.2, 0) is 19.1 Å². The van der Waals surface area contributed by atoms with E-state index in [1.54, 1.807) is 0 Å². The molecule has 0 amide bonds. The van der Waals surface area contributed by atoms with Gasteiger partial charge < -0.3 is 9.47 Å². The highest BCUT2D eigenvalue weighted by Gasteiger charge is 2.10. The predicted octanol–water partition coefficient (Wildman–Crippen LogP) is 6.21. The maximum absolute atomic E-state index is 11.4. The molecule has 26 heavy (non-hydrogen) atoms. The summed E-state index contributed by atoms with van der Waals surface area (Å²) in [6.07, 6.45) is 15.6. The lowest BCUT2D eigenvalue weighted by Crippen LogP contribution is -2.07. The van der Waals surface area contributed by atoms with Gasteiger partial charge in [0.05, 0.1) is 13.2 Å². The molecule has 0 aromatic heterocycles. The Morgan fingerprint density at radius 1 is 0.615 bits per heavy atom. The molecule has 0 radical (unpaired) electrons. The summed E-state index contributed by atoms with van der Waals surface area (Å²) >= 11 is 0. The number of esters is 2. The van der Waals surface area contributed by atoms with E-state index < -0.39 is 0 Å². The van der Waals surface area contributed by atoms with Gasteiger partial charge in [0.15, 0.2) is 0 Å². The molecule has 1 atom stereocenters. The van der Waals surface area contributed by atoms with Gasteiger partial charge in [-0.05, 0) is 32.6 Å². The summed E-state index contributed by atoms with van der Waals surface area (Å²) in [4.78, 5) is 22.6. The van der Waals surface area contributed by atoms with Gasteiger partial charge in [-0.15, -0.1) is 0 Å². The van der Waals surface area contributed by atoms with Crippen molar-refractivity contribution >= 4 is 11.9 Å². The van der Waals surface area contributed by atoms with E-state index in [0.29, 0.717) is 32.0 Å². The quantitative estimate of drug-likeness (QED) is 0.212. The Morgan fingerprint density at radius 3 is 1.58 bits per heavy atom. The summed E-state index contributed by atoms with van der Waals surface area (Å²) in [5.41, 5.74) is 0. The number of hydrogen-bond acceptors (Lipinski definition) is 4. The molecule has 1 unspecified atom stereocenters. The molecule has 0 aliphatic heterocycles. The van der Waals surface area contributed by atoms with Gasteiger partial charge >= 0.3 is 11.9 Å². The van der Waals surface area contributed by atoms with Crippen LogP contribution < -0.4 is 0 Å². The van der Waals surface area contributed by atoms with E-state index in [1.165, 1.54) is 51.4 Å². The van der Waals surface area contributed by atoms with E-state index in [1.807, 2.05) is 13.8 Å². The summed E-state index contributed by atoms with van der Waals surface area (Å²) in [7, 11) is 0. The Bertz CT molecular complexity index is 341. The van der Waals surface area contributed by atoms with E-state index in [2.05, 4.69) is 6.92 Å². The molecule has 0 N–H and O–H groups in total. The van der Waals surface area contributed by atoms with E-state index in [-0.39, 0.29) is 11.9 Å². The Balaban J connectivity index is 3.38. The summed E-state index contributed by atoms with van der Waals surface area (Å²) in [6, 6.07) is 0. The molecule has 0 spiro atoms. The first kappa shape index (κ1) is 24.9. The minimum Gasteiger partial charge on any atom is -0.466 e. The number of hydrogen-bond donors (Lipinski definition) is 0. The number of unbranched alkanes of at least 4 members (excludes halogenated alkanes) is 8. The highest BCUT2D eigenvalue weighted by molar-refractivity contribution is 5.69. The normalized spacial score (nSPS) is 12.0. The molecule has 0 aromatic rings. The van der Waals surface area contributed by atoms with Crippen LogP contribution in [0.15, 0.2) is 0 Å². The van der Waals surface area contributed by atoms with Crippen LogP contribution in [0.5, 0.6) is 0 Å². The molecule has 0 aliphatic carbocycles. The number of carbonyl (C=O) groups excluding carboxylic acids is 2. The topological polar surface area (TPSA) is 52.6 Å². The van der Waals surface area contributed by atoms with Crippen LogP contribution in [0.25, 0.3) is 0 Å². The second-order valence-corrected chi connectivity index (χ2v) is 7.14. The molecule has 154 valence electrons. The summed E-state index contributed by atoms with van der Waals surface area (Å²) in [5.74, 6) is 0.562. The van der Waals surface area contributed by atoms with Crippen LogP contribution in [0.2, 0.25) is 0 Å². The third-order valence-corrected chi connectivity index (χ3v) is 4.94. The Hall–Kier alpha value is -1.06. The van der Waals surface area contributed by atoms with Gasteiger partial charge in [0.2, 0.25) is 0 Å². The van der Waals surface area contributed by atoms with Crippen LogP contribution in [-0.4, -0.2) is 25.2 Å². The van der Waals surface area contributed by atoms with Crippen molar-refractivity contribution in [3.63, 3.8) is 0 Å². The van der Waals surface area contributed by atoms with Crippen molar-refractivity contribution in [2.45, 2.75) is 111 Å². The van der Waals surface area contributed by atoms with E-state index in [4.69, 9.17) is 9.47 Å². The third-order valence-electron chi connectivity index (χ3n) is 4.94. The maximum atomic E-state index is 11.4. The molecule has 0 fully saturated rings. The largest absolute Gasteiger partial charge is 0.466 e. The smallest absolute Gasteiger partial charge is 0.305 e. The number of rotatable bonds is 18. The van der Waals surface area contributed by atoms with Crippen LogP contribution in [0, 0.1) is 5.92 Å². The van der Waals surface area contributed by atoms with Crippen LogP contribution >= 0.6 is 0 Å². The first-order chi connectivity index (χ1) is 12.6. The second kappa shape index (κ2) is 18.7. The molecule has 0 rings (SSSR count). The Labute approximate surface area is 161 Å². The number of carbonyl (C=O) groups is 2. The minimum absolute atomic E-state index is 0.0480. The standard InChI is InChI=1S/C22H42O4/c1-4-20(18-19-22(24)26-6-3)16-14-12-10-8-7-9-11-13-15-17-21(23)25-5-2/h20H,4-19H2,1-3H3. The lowest BCUT2D eigenvalue weighted by atomic mass is 9.93. The summed E-state index contributed by atoms with van der Waals surface area (Å²) in [6.45, 7) is 6.91. The van der Waals surface area contributed by atoms with Crippen LogP contribution in [0.1, 0.15) is 111 Å². The van der Waals surface area contributed by atoms with Gasteiger partial charge in [-0.1, -0.05) is 71.1 Å². The van der Waals surface area contributed by atoms with Gasteiger partial charge in [0, 0.05) is 12.8 Å². The molecule has 0 saturated heterocycles. The summed E-state index contributed by atoms with van der Waals surface area (Å²) < 4.78 is 9.93. The minimum atomic E-state index is -0.0554. The molecule has 4 heteroatoms. The summed E-state index contributed by atoms with van der Waals surface area (Å²) in [5, 5.41) is 0. The zero-order valence-corrected chi connectivity index (χ0v) is 17.5. The Morgan fingerprint density at radius 2 is 1.08 bits per heavy atom. The van der Waals surface area contributed by atoms with Crippen molar-refractivity contribution in [1.29, 1.82) is 0 Å². The average Bonchev–Trinajstić information content (AvgIpc) is 2.62. The lowest BCUT2D eigenvalue weighted by molar-refractivity contribution is -0.144. The van der Waals surface area contributed by atoms with E-state index >= 15 is 0 Å². The lowest BCUT2D eigenvalue weighted by Gasteiger charge is -2.14. The number of ether oxygens (including phenoxy) is 2. The molecule has 0 bridgehead atoms. The fourth-order valence-corrected chi connectivity index (χ4v) is 3.28. The maximum Gasteiger partial charge on any atom is 0.305 e. The van der Waals surface area contributed by atoms with Gasteiger partial charge in [0.1, 0.15) is 0 Å². The third kappa shape index (κ3) is 16.4. The SMILES string of the molecule is CCOC(=O)CCCCCCCCCCCC(CC)CCC(=O)OCC. The Kier molecular flexibility index (Phi) is 18.0. The fraction of sp³-hybridized carbons (Fsp3) is 0.909. The molecule has 0 saturated carbocycles. The average molecular weight is 371 g/mol. The second-order valence-electron chi connectivity index (χ2n) is 7.14. The highest BCUT2D eigenvalue weighted by atomic mass is 16.5. The van der Waals surface area contributed by atoms with Crippen molar-refractivity contribution in [2.24, 2.45) is 5.92 Å². The zero-order chi connectivity index (χ0) is 19.5. The van der Waals surface area contributed by atoms with Crippen molar-refractivity contribution in [3.8, 4) is 0 Å². The predicted molar refractivity (Wildman–Crippen MR) is 107 cm³/mol. The monoisotopic (exact) mass is 370 g/mol. The van der Waals surface area contributed by atoms with Crippen molar-refractivity contribution in [1.82, 2.24) is 0 Å². The van der Waals surface area contributed by atoms with Gasteiger partial charge in [-0.25, -0.2) is 0 Å². The molecular formula is C22H42O4. The van der Waals surface area contributed by atoms with Crippen LogP contribution in [0.3, 0.4) is 0 Å². The molecule has 0 aliphatic rings. The van der Waals surface area contributed by atoms with Gasteiger partial charge in [-0.2, -0.15) is 0 Å². The van der Waals surface area contributed by atoms with E-state index in [9.17, 15) is 9.59 Å². The van der Waals surface area contributed by atoms with Crippen molar-refractivity contribution in [3.05, 3.63) is 0 Å². The molecular weight excluding hydrogens is 328 g/mol. The zero-order valence-electron chi connectivity index (χ0n) is 17.5. The molecule has 0 heterocycles. The first-order valence-electron chi connectivity index (χ1n) is 10.9. The van der Waals surface area contributed by atoms with Gasteiger partial charge in [0.25, 0.3) is 0 Å². The van der Waals surface area contributed by atoms with E-state index in [0.717, 1.165) is 25.7 Å². The fourth-order valence-electron chi connectivity index (χ4n) is 3.28.